The molecular weight excluding hydrogens is 117 g/mol. The minimum Gasteiger partial charge on any atom is -0.322 e. The van der Waals surface area contributed by atoms with Gasteiger partial charge >= 0.3 is 0 Å². The molecule has 0 saturated carbocycles. The van der Waals surface area contributed by atoms with Crippen LogP contribution in [0.3, 0.4) is 0 Å². The maximum atomic E-state index is 5.84. The van der Waals surface area contributed by atoms with Crippen molar-refractivity contribution in [3.05, 3.63) is 0 Å². The molecule has 0 aromatic heterocycles. The van der Waals surface area contributed by atoms with Gasteiger partial charge < -0.3 is 5.73 Å². The zero-order valence-electron chi connectivity index (χ0n) is 5.99. The molecule has 50 valence electrons. The maximum absolute atomic E-state index is 5.84. The third-order valence-electron chi connectivity index (χ3n) is 1.34. The lowest BCUT2D eigenvalue weighted by Crippen LogP contribution is -2.29. The van der Waals surface area contributed by atoms with Gasteiger partial charge in [-0.3, -0.25) is 0 Å². The molecule has 2 atom stereocenters. The lowest BCUT2D eigenvalue weighted by molar-refractivity contribution is 0.595. The summed E-state index contributed by atoms with van der Waals surface area (Å²) < 4.78 is 0. The molecule has 2 N–H and O–H groups in total. The topological polar surface area (TPSA) is 26.0 Å². The first-order valence-corrected chi connectivity index (χ1v) is 4.60. The fourth-order valence-corrected chi connectivity index (χ4v) is 1.14. The first kappa shape index (κ1) is 8.39. The SMILES string of the molecule is CCCC(C)(N)PC. The molecule has 0 aromatic rings. The summed E-state index contributed by atoms with van der Waals surface area (Å²) in [4.78, 5) is 0. The molecule has 0 bridgehead atoms. The van der Waals surface area contributed by atoms with Crippen molar-refractivity contribution in [2.75, 3.05) is 6.66 Å². The molecule has 0 amide bonds. The van der Waals surface area contributed by atoms with Crippen LogP contribution in [0.15, 0.2) is 0 Å². The Kier molecular flexibility index (Phi) is 3.59. The summed E-state index contributed by atoms with van der Waals surface area (Å²) in [7, 11) is 0.869. The van der Waals surface area contributed by atoms with Crippen LogP contribution in [0.4, 0.5) is 0 Å². The standard InChI is InChI=1S/C6H16NP/c1-4-5-6(2,7)8-3/h8H,4-5,7H2,1-3H3. The second-order valence-electron chi connectivity index (χ2n) is 2.42. The van der Waals surface area contributed by atoms with Gasteiger partial charge in [0.1, 0.15) is 0 Å². The number of rotatable bonds is 3. The second-order valence-corrected chi connectivity index (χ2v) is 4.06. The first-order valence-electron chi connectivity index (χ1n) is 3.10. The zero-order chi connectivity index (χ0) is 6.62. The molecule has 1 nitrogen and oxygen atoms in total. The largest absolute Gasteiger partial charge is 0.322 e. The quantitative estimate of drug-likeness (QED) is 0.583. The Morgan fingerprint density at radius 3 is 2.25 bits per heavy atom. The Morgan fingerprint density at radius 1 is 1.62 bits per heavy atom. The third kappa shape index (κ3) is 3.40. The van der Waals surface area contributed by atoms with Crippen LogP contribution < -0.4 is 5.73 Å². The highest BCUT2D eigenvalue weighted by Gasteiger charge is 2.12. The van der Waals surface area contributed by atoms with E-state index in [1.807, 2.05) is 0 Å². The van der Waals surface area contributed by atoms with Gasteiger partial charge in [-0.25, -0.2) is 0 Å². The normalized spacial score (nSPS) is 19.5. The summed E-state index contributed by atoms with van der Waals surface area (Å²) in [6.07, 6.45) is 2.36. The van der Waals surface area contributed by atoms with E-state index < -0.39 is 0 Å². The Balaban J connectivity index is 3.37. The van der Waals surface area contributed by atoms with Crippen LogP contribution in [0.5, 0.6) is 0 Å². The fraction of sp³-hybridized carbons (Fsp3) is 1.00. The van der Waals surface area contributed by atoms with E-state index in [0.29, 0.717) is 0 Å². The van der Waals surface area contributed by atoms with E-state index in [9.17, 15) is 0 Å². The van der Waals surface area contributed by atoms with Gasteiger partial charge in [0.15, 0.2) is 0 Å². The second kappa shape index (κ2) is 3.42. The summed E-state index contributed by atoms with van der Waals surface area (Å²) in [6.45, 7) is 6.45. The van der Waals surface area contributed by atoms with E-state index in [0.717, 1.165) is 15.0 Å². The van der Waals surface area contributed by atoms with Crippen molar-refractivity contribution in [2.24, 2.45) is 5.73 Å². The smallest absolute Gasteiger partial charge is 0.0295 e. The predicted molar refractivity (Wildman–Crippen MR) is 41.7 cm³/mol. The third-order valence-corrected chi connectivity index (χ3v) is 2.73. The Morgan fingerprint density at radius 2 is 2.12 bits per heavy atom. The van der Waals surface area contributed by atoms with Crippen molar-refractivity contribution in [3.63, 3.8) is 0 Å². The molecule has 0 saturated heterocycles. The summed E-state index contributed by atoms with van der Waals surface area (Å²) in [5.74, 6) is 0. The molecule has 0 heterocycles. The van der Waals surface area contributed by atoms with Crippen LogP contribution in [0, 0.1) is 0 Å². The van der Waals surface area contributed by atoms with Crippen LogP contribution in [0.2, 0.25) is 0 Å². The van der Waals surface area contributed by atoms with E-state index >= 15 is 0 Å². The number of hydrogen-bond donors (Lipinski definition) is 1. The molecule has 0 aromatic carbocycles. The Hall–Kier alpha value is 0.390. The average Bonchev–Trinajstić information content (AvgIpc) is 1.67. The molecule has 2 unspecified atom stereocenters. The van der Waals surface area contributed by atoms with Crippen LogP contribution in [0.1, 0.15) is 26.7 Å². The first-order chi connectivity index (χ1) is 3.62. The van der Waals surface area contributed by atoms with E-state index in [-0.39, 0.29) is 5.28 Å². The molecule has 0 aliphatic rings. The summed E-state index contributed by atoms with van der Waals surface area (Å²) >= 11 is 0. The highest BCUT2D eigenvalue weighted by molar-refractivity contribution is 7.38. The molecular formula is C6H16NP. The van der Waals surface area contributed by atoms with Crippen LogP contribution in [-0.2, 0) is 0 Å². The fourth-order valence-electron chi connectivity index (χ4n) is 0.644. The molecule has 0 aliphatic carbocycles. The van der Waals surface area contributed by atoms with Crippen molar-refractivity contribution in [1.29, 1.82) is 0 Å². The van der Waals surface area contributed by atoms with Gasteiger partial charge in [-0.1, -0.05) is 13.3 Å². The molecule has 0 spiro atoms. The molecule has 0 aliphatic heterocycles. The lowest BCUT2D eigenvalue weighted by Gasteiger charge is -2.20. The van der Waals surface area contributed by atoms with Gasteiger partial charge in [0, 0.05) is 5.28 Å². The van der Waals surface area contributed by atoms with Gasteiger partial charge in [0.05, 0.1) is 0 Å². The Labute approximate surface area is 53.8 Å². The van der Waals surface area contributed by atoms with Crippen molar-refractivity contribution in [2.45, 2.75) is 32.0 Å². The molecule has 2 heteroatoms. The summed E-state index contributed by atoms with van der Waals surface area (Å²) in [5.41, 5.74) is 5.84. The number of hydrogen-bond acceptors (Lipinski definition) is 1. The minimum atomic E-state index is 0.120. The van der Waals surface area contributed by atoms with Gasteiger partial charge in [-0.05, 0) is 20.0 Å². The van der Waals surface area contributed by atoms with E-state index in [1.165, 1.54) is 6.42 Å². The molecule has 0 rings (SSSR count). The molecule has 0 fully saturated rings. The van der Waals surface area contributed by atoms with E-state index in [4.69, 9.17) is 5.73 Å². The van der Waals surface area contributed by atoms with Gasteiger partial charge in [-0.15, -0.1) is 8.58 Å². The summed E-state index contributed by atoms with van der Waals surface area (Å²) in [5, 5.41) is 0.120. The van der Waals surface area contributed by atoms with Crippen LogP contribution in [0.25, 0.3) is 0 Å². The molecule has 0 radical (unpaired) electrons. The number of nitrogens with two attached hydrogens (primary N) is 1. The Bertz CT molecular complexity index is 61.5. The van der Waals surface area contributed by atoms with Gasteiger partial charge in [0.2, 0.25) is 0 Å². The van der Waals surface area contributed by atoms with Gasteiger partial charge in [0.25, 0.3) is 0 Å². The highest BCUT2D eigenvalue weighted by Crippen LogP contribution is 2.26. The van der Waals surface area contributed by atoms with Crippen LogP contribution in [-0.4, -0.2) is 11.9 Å². The monoisotopic (exact) mass is 133 g/mol. The van der Waals surface area contributed by atoms with Crippen molar-refractivity contribution >= 4 is 8.58 Å². The summed E-state index contributed by atoms with van der Waals surface area (Å²) in [6, 6.07) is 0. The zero-order valence-corrected chi connectivity index (χ0v) is 6.99. The molecule has 8 heavy (non-hydrogen) atoms. The van der Waals surface area contributed by atoms with Crippen molar-refractivity contribution in [1.82, 2.24) is 0 Å². The van der Waals surface area contributed by atoms with Crippen molar-refractivity contribution < 1.29 is 0 Å². The van der Waals surface area contributed by atoms with Gasteiger partial charge in [-0.2, -0.15) is 0 Å². The highest BCUT2D eigenvalue weighted by atomic mass is 31.1. The van der Waals surface area contributed by atoms with E-state index in [2.05, 4.69) is 20.5 Å². The maximum Gasteiger partial charge on any atom is 0.0295 e. The predicted octanol–water partition coefficient (Wildman–Crippen LogP) is 1.77. The lowest BCUT2D eigenvalue weighted by atomic mass is 10.2. The van der Waals surface area contributed by atoms with Crippen LogP contribution >= 0.6 is 8.58 Å². The average molecular weight is 133 g/mol. The minimum absolute atomic E-state index is 0.120. The van der Waals surface area contributed by atoms with Crippen molar-refractivity contribution in [3.8, 4) is 0 Å². The van der Waals surface area contributed by atoms with E-state index in [1.54, 1.807) is 0 Å².